The minimum absolute atomic E-state index is 0.203. The molecule has 3 rings (SSSR count). The quantitative estimate of drug-likeness (QED) is 0.802. The normalized spacial score (nSPS) is 32.5. The average molecular weight is 271 g/mol. The van der Waals surface area contributed by atoms with E-state index in [1.165, 1.54) is 12.1 Å². The van der Waals surface area contributed by atoms with Crippen LogP contribution in [-0.2, 0) is 10.3 Å². The van der Waals surface area contributed by atoms with Gasteiger partial charge >= 0.3 is 0 Å². The SMILES string of the molecule is NC1=NC(c2cc(N)ccc2F)(C(F)F)C2CC2O1. The molecule has 2 aliphatic rings. The molecule has 3 atom stereocenters. The van der Waals surface area contributed by atoms with E-state index in [1.807, 2.05) is 0 Å². The van der Waals surface area contributed by atoms with Crippen molar-refractivity contribution in [2.45, 2.75) is 24.5 Å². The lowest BCUT2D eigenvalue weighted by molar-refractivity contribution is 0.0177. The standard InChI is InChI=1S/C12H12F3N3O/c13-8-2-1-5(16)3-6(8)12(10(14)15)7-4-9(7)19-11(17)18-12/h1-3,7,9-10H,4,16H2,(H2,17,18). The number of halogens is 3. The second-order valence-corrected chi connectivity index (χ2v) is 4.81. The number of hydrogen-bond acceptors (Lipinski definition) is 4. The van der Waals surface area contributed by atoms with Crippen LogP contribution in [0, 0.1) is 11.7 Å². The predicted octanol–water partition coefficient (Wildman–Crippen LogP) is 1.60. The lowest BCUT2D eigenvalue weighted by Crippen LogP contribution is -2.43. The molecule has 3 unspecified atom stereocenters. The summed E-state index contributed by atoms with van der Waals surface area (Å²) < 4.78 is 46.2. The Balaban J connectivity index is 2.21. The van der Waals surface area contributed by atoms with E-state index in [4.69, 9.17) is 16.2 Å². The van der Waals surface area contributed by atoms with Gasteiger partial charge in [-0.05, 0) is 24.6 Å². The van der Waals surface area contributed by atoms with Gasteiger partial charge in [0.05, 0.1) is 0 Å². The maximum atomic E-state index is 13.9. The third kappa shape index (κ3) is 1.64. The van der Waals surface area contributed by atoms with Gasteiger partial charge in [-0.3, -0.25) is 0 Å². The van der Waals surface area contributed by atoms with Crippen LogP contribution in [-0.4, -0.2) is 18.6 Å². The number of fused-ring (bicyclic) bond motifs is 1. The fourth-order valence-corrected chi connectivity index (χ4v) is 2.65. The monoisotopic (exact) mass is 271 g/mol. The Morgan fingerprint density at radius 2 is 2.11 bits per heavy atom. The van der Waals surface area contributed by atoms with Crippen LogP contribution in [0.3, 0.4) is 0 Å². The molecule has 0 bridgehead atoms. The first-order valence-electron chi connectivity index (χ1n) is 5.81. The van der Waals surface area contributed by atoms with Crippen molar-refractivity contribution < 1.29 is 17.9 Å². The number of ether oxygens (including phenoxy) is 1. The van der Waals surface area contributed by atoms with Crippen molar-refractivity contribution in [1.29, 1.82) is 0 Å². The second kappa shape index (κ2) is 3.79. The molecule has 1 aliphatic carbocycles. The zero-order chi connectivity index (χ0) is 13.8. The highest BCUT2D eigenvalue weighted by Crippen LogP contribution is 2.56. The van der Waals surface area contributed by atoms with Gasteiger partial charge in [-0.1, -0.05) is 0 Å². The molecule has 1 aliphatic heterocycles. The summed E-state index contributed by atoms with van der Waals surface area (Å²) in [7, 11) is 0. The van der Waals surface area contributed by atoms with Crippen molar-refractivity contribution in [1.82, 2.24) is 0 Å². The molecule has 0 amide bonds. The summed E-state index contributed by atoms with van der Waals surface area (Å²) in [5.41, 5.74) is 8.98. The van der Waals surface area contributed by atoms with Crippen molar-refractivity contribution in [2.75, 3.05) is 5.73 Å². The molecule has 1 saturated carbocycles. The number of anilines is 1. The molecule has 0 radical (unpaired) electrons. The minimum atomic E-state index is -2.89. The predicted molar refractivity (Wildman–Crippen MR) is 63.1 cm³/mol. The van der Waals surface area contributed by atoms with Gasteiger partial charge in [-0.2, -0.15) is 0 Å². The van der Waals surface area contributed by atoms with E-state index < -0.39 is 29.8 Å². The summed E-state index contributed by atoms with van der Waals surface area (Å²) in [4.78, 5) is 3.73. The summed E-state index contributed by atoms with van der Waals surface area (Å²) in [6.45, 7) is 0. The van der Waals surface area contributed by atoms with E-state index in [9.17, 15) is 13.2 Å². The van der Waals surface area contributed by atoms with Crippen molar-refractivity contribution in [3.8, 4) is 0 Å². The number of nitrogens with two attached hydrogens (primary N) is 2. The molecule has 102 valence electrons. The van der Waals surface area contributed by atoms with Crippen LogP contribution in [0.15, 0.2) is 23.2 Å². The van der Waals surface area contributed by atoms with Crippen LogP contribution in [0.1, 0.15) is 12.0 Å². The van der Waals surface area contributed by atoms with Gasteiger partial charge in [0.25, 0.3) is 12.4 Å². The molecule has 1 fully saturated rings. The first kappa shape index (κ1) is 12.1. The van der Waals surface area contributed by atoms with E-state index in [1.54, 1.807) is 0 Å². The average Bonchev–Trinajstić information content (AvgIpc) is 3.10. The molecule has 1 aromatic carbocycles. The maximum Gasteiger partial charge on any atom is 0.283 e. The highest BCUT2D eigenvalue weighted by molar-refractivity contribution is 5.74. The molecule has 1 aromatic rings. The van der Waals surface area contributed by atoms with E-state index in [2.05, 4.69) is 4.99 Å². The number of benzene rings is 1. The van der Waals surface area contributed by atoms with Crippen LogP contribution in [0.4, 0.5) is 18.9 Å². The topological polar surface area (TPSA) is 73.6 Å². The van der Waals surface area contributed by atoms with Gasteiger partial charge in [0.2, 0.25) is 0 Å². The first-order chi connectivity index (χ1) is 8.95. The highest BCUT2D eigenvalue weighted by Gasteiger charge is 2.64. The van der Waals surface area contributed by atoms with Gasteiger partial charge in [-0.15, -0.1) is 0 Å². The molecule has 19 heavy (non-hydrogen) atoms. The second-order valence-electron chi connectivity index (χ2n) is 4.81. The molecular weight excluding hydrogens is 259 g/mol. The Kier molecular flexibility index (Phi) is 2.42. The summed E-state index contributed by atoms with van der Waals surface area (Å²) in [5, 5.41) is 0. The molecule has 7 heteroatoms. The summed E-state index contributed by atoms with van der Waals surface area (Å²) in [5.74, 6) is -1.34. The largest absolute Gasteiger partial charge is 0.462 e. The lowest BCUT2D eigenvalue weighted by atomic mass is 9.84. The molecule has 4 N–H and O–H groups in total. The smallest absolute Gasteiger partial charge is 0.283 e. The highest BCUT2D eigenvalue weighted by atomic mass is 19.3. The number of aliphatic imine (C=N–C) groups is 1. The molecule has 0 spiro atoms. The number of nitrogens with zero attached hydrogens (tertiary/aromatic N) is 1. The van der Waals surface area contributed by atoms with E-state index >= 15 is 0 Å². The van der Waals surface area contributed by atoms with Crippen LogP contribution in [0.2, 0.25) is 0 Å². The summed E-state index contributed by atoms with van der Waals surface area (Å²) in [6, 6.07) is 3.24. The number of amidine groups is 1. The zero-order valence-electron chi connectivity index (χ0n) is 9.82. The third-order valence-electron chi connectivity index (χ3n) is 3.62. The maximum absolute atomic E-state index is 13.9. The Morgan fingerprint density at radius 1 is 1.37 bits per heavy atom. The molecule has 0 aromatic heterocycles. The van der Waals surface area contributed by atoms with Gasteiger partial charge in [-0.25, -0.2) is 18.2 Å². The van der Waals surface area contributed by atoms with Crippen LogP contribution in [0.5, 0.6) is 0 Å². The molecule has 0 saturated heterocycles. The summed E-state index contributed by atoms with van der Waals surface area (Å²) >= 11 is 0. The van der Waals surface area contributed by atoms with E-state index in [0.29, 0.717) is 6.42 Å². The van der Waals surface area contributed by atoms with Crippen LogP contribution < -0.4 is 11.5 Å². The number of rotatable bonds is 2. The fraction of sp³-hybridized carbons (Fsp3) is 0.417. The minimum Gasteiger partial charge on any atom is -0.462 e. The van der Waals surface area contributed by atoms with Crippen molar-refractivity contribution in [3.05, 3.63) is 29.6 Å². The van der Waals surface area contributed by atoms with E-state index in [0.717, 1.165) is 6.07 Å². The van der Waals surface area contributed by atoms with Crippen molar-refractivity contribution in [3.63, 3.8) is 0 Å². The van der Waals surface area contributed by atoms with Gasteiger partial charge < -0.3 is 16.2 Å². The number of alkyl halides is 2. The van der Waals surface area contributed by atoms with Gasteiger partial charge in [0, 0.05) is 17.2 Å². The first-order valence-corrected chi connectivity index (χ1v) is 5.81. The van der Waals surface area contributed by atoms with Crippen LogP contribution >= 0.6 is 0 Å². The van der Waals surface area contributed by atoms with Crippen molar-refractivity contribution >= 4 is 11.7 Å². The Morgan fingerprint density at radius 3 is 2.79 bits per heavy atom. The third-order valence-corrected chi connectivity index (χ3v) is 3.62. The van der Waals surface area contributed by atoms with Gasteiger partial charge in [0.1, 0.15) is 11.9 Å². The lowest BCUT2D eigenvalue weighted by Gasteiger charge is -2.33. The van der Waals surface area contributed by atoms with Crippen LogP contribution in [0.25, 0.3) is 0 Å². The van der Waals surface area contributed by atoms with Gasteiger partial charge in [0.15, 0.2) is 5.54 Å². The fourth-order valence-electron chi connectivity index (χ4n) is 2.65. The number of hydrogen-bond donors (Lipinski definition) is 2. The Bertz CT molecular complexity index is 563. The summed E-state index contributed by atoms with van der Waals surface area (Å²) in [6.07, 6.45) is -2.93. The Labute approximate surface area is 107 Å². The molecule has 4 nitrogen and oxygen atoms in total. The molecule has 1 heterocycles. The molecular formula is C12H12F3N3O. The van der Waals surface area contributed by atoms with E-state index in [-0.39, 0.29) is 17.3 Å². The Hall–Kier alpha value is -1.92. The zero-order valence-corrected chi connectivity index (χ0v) is 9.82. The van der Waals surface area contributed by atoms with Crippen molar-refractivity contribution in [2.24, 2.45) is 16.6 Å². The number of nitrogen functional groups attached to an aromatic ring is 1.